The van der Waals surface area contributed by atoms with Gasteiger partial charge in [-0.1, -0.05) is 48.0 Å². The lowest BCUT2D eigenvalue weighted by Gasteiger charge is -2.32. The molecule has 0 bridgehead atoms. The van der Waals surface area contributed by atoms with E-state index in [4.69, 9.17) is 11.6 Å². The van der Waals surface area contributed by atoms with Gasteiger partial charge in [-0.25, -0.2) is 12.7 Å². The average molecular weight is 447 g/mol. The van der Waals surface area contributed by atoms with Gasteiger partial charge in [0, 0.05) is 24.0 Å². The third kappa shape index (κ3) is 4.88. The van der Waals surface area contributed by atoms with Crippen LogP contribution in [0, 0.1) is 5.92 Å². The van der Waals surface area contributed by atoms with Crippen LogP contribution in [-0.4, -0.2) is 31.7 Å². The Morgan fingerprint density at radius 2 is 1.73 bits per heavy atom. The number of nitrogens with zero attached hydrogens (tertiary/aromatic N) is 1. The first-order valence-electron chi connectivity index (χ1n) is 10.5. The average Bonchev–Trinajstić information content (AvgIpc) is 2.75. The van der Waals surface area contributed by atoms with Crippen LogP contribution in [0.1, 0.15) is 48.4 Å². The molecule has 1 saturated heterocycles. The summed E-state index contributed by atoms with van der Waals surface area (Å²) in [5.41, 5.74) is 3.26. The second kappa shape index (κ2) is 9.08. The SMILES string of the molecule is O=C(N[C@@H]1CCCc2ccccc21)C1CCN(S(=O)(=O)Cc2ccc(Cl)cc2)CC1. The van der Waals surface area contributed by atoms with Crippen LogP contribution in [0.2, 0.25) is 5.02 Å². The maximum atomic E-state index is 12.9. The van der Waals surface area contributed by atoms with Crippen molar-refractivity contribution >= 4 is 27.5 Å². The van der Waals surface area contributed by atoms with E-state index in [1.807, 2.05) is 12.1 Å². The van der Waals surface area contributed by atoms with Crippen LogP contribution in [0.4, 0.5) is 0 Å². The molecule has 1 heterocycles. The minimum Gasteiger partial charge on any atom is -0.349 e. The number of piperidine rings is 1. The van der Waals surface area contributed by atoms with Crippen molar-refractivity contribution in [1.82, 2.24) is 9.62 Å². The topological polar surface area (TPSA) is 66.5 Å². The quantitative estimate of drug-likeness (QED) is 0.752. The Labute approximate surface area is 183 Å². The second-order valence-corrected chi connectivity index (χ2v) is 10.6. The first-order chi connectivity index (χ1) is 14.4. The Morgan fingerprint density at radius 1 is 1.03 bits per heavy atom. The van der Waals surface area contributed by atoms with E-state index in [-0.39, 0.29) is 23.6 Å². The van der Waals surface area contributed by atoms with Crippen molar-refractivity contribution in [3.63, 3.8) is 0 Å². The largest absolute Gasteiger partial charge is 0.349 e. The Bertz CT molecular complexity index is 999. The fraction of sp³-hybridized carbons (Fsp3) is 0.435. The Kier molecular flexibility index (Phi) is 6.46. The highest BCUT2D eigenvalue weighted by Gasteiger charge is 2.32. The smallest absolute Gasteiger partial charge is 0.223 e. The number of aryl methyl sites for hydroxylation is 1. The lowest BCUT2D eigenvalue weighted by atomic mass is 9.87. The van der Waals surface area contributed by atoms with Gasteiger partial charge < -0.3 is 5.32 Å². The minimum absolute atomic E-state index is 0.0418. The molecule has 1 amide bonds. The number of carbonyl (C=O) groups excluding carboxylic acids is 1. The standard InChI is InChI=1S/C23H27ClN2O3S/c24-20-10-8-17(9-11-20)16-30(28,29)26-14-12-19(13-15-26)23(27)25-22-7-3-5-18-4-1-2-6-21(18)22/h1-2,4,6,8-11,19,22H,3,5,7,12-16H2,(H,25,27)/t22-/m1/s1. The van der Waals surface area contributed by atoms with Crippen LogP contribution in [0.15, 0.2) is 48.5 Å². The van der Waals surface area contributed by atoms with Crippen LogP contribution >= 0.6 is 11.6 Å². The van der Waals surface area contributed by atoms with Crippen molar-refractivity contribution in [1.29, 1.82) is 0 Å². The molecule has 1 aliphatic heterocycles. The molecule has 2 aliphatic rings. The number of hydrogen-bond donors (Lipinski definition) is 1. The lowest BCUT2D eigenvalue weighted by Crippen LogP contribution is -2.44. The molecule has 0 unspecified atom stereocenters. The van der Waals surface area contributed by atoms with E-state index in [1.54, 1.807) is 24.3 Å². The number of benzene rings is 2. The molecule has 0 aromatic heterocycles. The van der Waals surface area contributed by atoms with Crippen molar-refractivity contribution in [2.75, 3.05) is 13.1 Å². The minimum atomic E-state index is -3.41. The van der Waals surface area contributed by atoms with Gasteiger partial charge in [0.15, 0.2) is 0 Å². The molecule has 1 fully saturated rings. The summed E-state index contributed by atoms with van der Waals surface area (Å²) >= 11 is 5.88. The van der Waals surface area contributed by atoms with Crippen molar-refractivity contribution in [2.24, 2.45) is 5.92 Å². The zero-order chi connectivity index (χ0) is 21.1. The summed E-state index contributed by atoms with van der Waals surface area (Å²) in [6, 6.07) is 15.2. The van der Waals surface area contributed by atoms with Crippen molar-refractivity contribution in [3.05, 3.63) is 70.2 Å². The van der Waals surface area contributed by atoms with Crippen molar-refractivity contribution in [2.45, 2.75) is 43.9 Å². The van der Waals surface area contributed by atoms with E-state index in [0.29, 0.717) is 31.0 Å². The number of halogens is 1. The molecule has 7 heteroatoms. The third-order valence-corrected chi connectivity index (χ3v) is 8.27. The molecule has 1 aliphatic carbocycles. The zero-order valence-electron chi connectivity index (χ0n) is 16.9. The van der Waals surface area contributed by atoms with Crippen molar-refractivity contribution < 1.29 is 13.2 Å². The van der Waals surface area contributed by atoms with Gasteiger partial charge in [-0.15, -0.1) is 0 Å². The summed E-state index contributed by atoms with van der Waals surface area (Å²) in [5.74, 6) is -0.132. The summed E-state index contributed by atoms with van der Waals surface area (Å²) in [7, 11) is -3.41. The highest BCUT2D eigenvalue weighted by molar-refractivity contribution is 7.88. The Morgan fingerprint density at radius 3 is 2.47 bits per heavy atom. The van der Waals surface area contributed by atoms with E-state index >= 15 is 0 Å². The maximum absolute atomic E-state index is 12.9. The molecule has 30 heavy (non-hydrogen) atoms. The Balaban J connectivity index is 1.33. The van der Waals surface area contributed by atoms with Crippen LogP contribution in [0.5, 0.6) is 0 Å². The van der Waals surface area contributed by atoms with E-state index in [2.05, 4.69) is 17.4 Å². The molecule has 160 valence electrons. The van der Waals surface area contributed by atoms with E-state index in [9.17, 15) is 13.2 Å². The first kappa shape index (κ1) is 21.3. The molecule has 2 aromatic carbocycles. The third-order valence-electron chi connectivity index (χ3n) is 6.17. The molecular formula is C23H27ClN2O3S. The van der Waals surface area contributed by atoms with Gasteiger partial charge in [0.1, 0.15) is 0 Å². The summed E-state index contributed by atoms with van der Waals surface area (Å²) in [6.07, 6.45) is 4.20. The van der Waals surface area contributed by atoms with Gasteiger partial charge in [-0.2, -0.15) is 0 Å². The molecule has 1 atom stereocenters. The molecular weight excluding hydrogens is 420 g/mol. The van der Waals surface area contributed by atoms with Crippen LogP contribution < -0.4 is 5.32 Å². The lowest BCUT2D eigenvalue weighted by molar-refractivity contribution is -0.127. The Hall–Kier alpha value is -1.89. The van der Waals surface area contributed by atoms with E-state index < -0.39 is 10.0 Å². The summed E-state index contributed by atoms with van der Waals surface area (Å²) < 4.78 is 27.0. The highest BCUT2D eigenvalue weighted by Crippen LogP contribution is 2.30. The number of carbonyl (C=O) groups is 1. The van der Waals surface area contributed by atoms with Crippen LogP contribution in [0.25, 0.3) is 0 Å². The molecule has 4 rings (SSSR count). The van der Waals surface area contributed by atoms with Gasteiger partial charge in [0.05, 0.1) is 11.8 Å². The predicted octanol–water partition coefficient (Wildman–Crippen LogP) is 4.08. The first-order valence-corrected chi connectivity index (χ1v) is 12.5. The summed E-state index contributed by atoms with van der Waals surface area (Å²) in [6.45, 7) is 0.768. The highest BCUT2D eigenvalue weighted by atomic mass is 35.5. The molecule has 5 nitrogen and oxygen atoms in total. The number of fused-ring (bicyclic) bond motifs is 1. The number of rotatable bonds is 5. The predicted molar refractivity (Wildman–Crippen MR) is 119 cm³/mol. The summed E-state index contributed by atoms with van der Waals surface area (Å²) in [4.78, 5) is 12.9. The molecule has 0 radical (unpaired) electrons. The van der Waals surface area contributed by atoms with Gasteiger partial charge in [-0.05, 0) is 60.9 Å². The number of hydrogen-bond acceptors (Lipinski definition) is 3. The van der Waals surface area contributed by atoms with Gasteiger partial charge >= 0.3 is 0 Å². The van der Waals surface area contributed by atoms with Gasteiger partial charge in [0.25, 0.3) is 0 Å². The summed E-state index contributed by atoms with van der Waals surface area (Å²) in [5, 5.41) is 3.81. The van der Waals surface area contributed by atoms with E-state index in [0.717, 1.165) is 24.8 Å². The van der Waals surface area contributed by atoms with Crippen molar-refractivity contribution in [3.8, 4) is 0 Å². The molecule has 0 saturated carbocycles. The van der Waals surface area contributed by atoms with Gasteiger partial charge in [0.2, 0.25) is 15.9 Å². The molecule has 1 N–H and O–H groups in total. The number of amides is 1. The fourth-order valence-corrected chi connectivity index (χ4v) is 6.16. The normalized spacial score (nSPS) is 20.5. The molecule has 2 aromatic rings. The number of sulfonamides is 1. The van der Waals surface area contributed by atoms with Crippen LogP contribution in [-0.2, 0) is 27.0 Å². The fourth-order valence-electron chi connectivity index (χ4n) is 4.47. The van der Waals surface area contributed by atoms with Crippen LogP contribution in [0.3, 0.4) is 0 Å². The maximum Gasteiger partial charge on any atom is 0.223 e. The molecule has 0 spiro atoms. The zero-order valence-corrected chi connectivity index (χ0v) is 18.5. The monoisotopic (exact) mass is 446 g/mol. The van der Waals surface area contributed by atoms with Gasteiger partial charge in [-0.3, -0.25) is 4.79 Å². The van der Waals surface area contributed by atoms with E-state index in [1.165, 1.54) is 15.4 Å². The second-order valence-electron chi connectivity index (χ2n) is 8.21. The number of nitrogens with one attached hydrogen (secondary N) is 1.